The van der Waals surface area contributed by atoms with Crippen molar-refractivity contribution in [3.8, 4) is 5.88 Å². The molecule has 0 radical (unpaired) electrons. The number of nitrogens with one attached hydrogen (secondary N) is 1. The fourth-order valence-electron chi connectivity index (χ4n) is 2.38. The van der Waals surface area contributed by atoms with E-state index in [1.54, 1.807) is 7.11 Å². The average Bonchev–Trinajstić information content (AvgIpc) is 2.66. The van der Waals surface area contributed by atoms with Crippen LogP contribution in [0.2, 0.25) is 0 Å². The highest BCUT2D eigenvalue weighted by molar-refractivity contribution is 5.82. The summed E-state index contributed by atoms with van der Waals surface area (Å²) in [6.07, 6.45) is 4.93. The number of aromatic nitrogens is 2. The van der Waals surface area contributed by atoms with E-state index in [9.17, 15) is 0 Å². The van der Waals surface area contributed by atoms with Crippen LogP contribution in [0.1, 0.15) is 24.1 Å². The van der Waals surface area contributed by atoms with Crippen LogP contribution < -0.4 is 4.74 Å². The Morgan fingerprint density at radius 2 is 2.13 bits per heavy atom. The normalized spacial score (nSPS) is 15.3. The van der Waals surface area contributed by atoms with Crippen LogP contribution in [-0.2, 0) is 12.8 Å². The lowest BCUT2D eigenvalue weighted by Gasteiger charge is -2.09. The third-order valence-electron chi connectivity index (χ3n) is 3.14. The number of rotatable bonds is 1. The molecule has 1 aliphatic rings. The molecule has 78 valence electrons. The maximum absolute atomic E-state index is 5.12. The number of nitrogens with zero attached hydrogens (tertiary/aromatic N) is 1. The quantitative estimate of drug-likeness (QED) is 0.771. The lowest BCUT2D eigenvalue weighted by molar-refractivity contribution is 0.399. The topological polar surface area (TPSA) is 37.9 Å². The van der Waals surface area contributed by atoms with Crippen molar-refractivity contribution in [1.29, 1.82) is 0 Å². The molecule has 0 bridgehead atoms. The fourth-order valence-corrected chi connectivity index (χ4v) is 2.38. The van der Waals surface area contributed by atoms with Crippen LogP contribution in [0.25, 0.3) is 11.0 Å². The summed E-state index contributed by atoms with van der Waals surface area (Å²) in [7, 11) is 1.65. The minimum atomic E-state index is 0.682. The highest BCUT2D eigenvalue weighted by Gasteiger charge is 2.15. The van der Waals surface area contributed by atoms with Crippen LogP contribution in [0.5, 0.6) is 5.88 Å². The van der Waals surface area contributed by atoms with Gasteiger partial charge in [-0.3, -0.25) is 0 Å². The Balaban J connectivity index is 2.22. The number of ether oxygens (including phenoxy) is 1. The van der Waals surface area contributed by atoms with Crippen LogP contribution in [-0.4, -0.2) is 17.1 Å². The molecule has 15 heavy (non-hydrogen) atoms. The first-order valence-corrected chi connectivity index (χ1v) is 5.43. The molecule has 0 aromatic carbocycles. The third-order valence-corrected chi connectivity index (χ3v) is 3.14. The minimum Gasteiger partial charge on any atom is -0.481 e. The van der Waals surface area contributed by atoms with Gasteiger partial charge in [0, 0.05) is 17.1 Å². The fraction of sp³-hybridized carbons (Fsp3) is 0.417. The van der Waals surface area contributed by atoms with Gasteiger partial charge >= 0.3 is 0 Å². The summed E-state index contributed by atoms with van der Waals surface area (Å²) in [6.45, 7) is 0. The molecule has 0 saturated heterocycles. The first kappa shape index (κ1) is 8.77. The standard InChI is InChI=1S/C12H14N2O/c1-15-11-7-6-9-8-4-2-3-5-10(8)13-12(9)14-11/h6-7H,2-5H2,1H3,(H,13,14). The van der Waals surface area contributed by atoms with Crippen LogP contribution in [0, 0.1) is 0 Å². The summed E-state index contributed by atoms with van der Waals surface area (Å²) >= 11 is 0. The highest BCUT2D eigenvalue weighted by Crippen LogP contribution is 2.29. The van der Waals surface area contributed by atoms with E-state index in [0.717, 1.165) is 12.1 Å². The number of aryl methyl sites for hydroxylation is 2. The molecule has 0 spiro atoms. The molecule has 0 fully saturated rings. The molecule has 0 saturated carbocycles. The molecule has 0 aliphatic heterocycles. The molecule has 3 nitrogen and oxygen atoms in total. The van der Waals surface area contributed by atoms with Gasteiger partial charge in [-0.05, 0) is 37.3 Å². The monoisotopic (exact) mass is 202 g/mol. The molecule has 2 heterocycles. The smallest absolute Gasteiger partial charge is 0.214 e. The number of hydrogen-bond acceptors (Lipinski definition) is 2. The van der Waals surface area contributed by atoms with Gasteiger partial charge in [-0.1, -0.05) is 0 Å². The van der Waals surface area contributed by atoms with Crippen molar-refractivity contribution in [2.45, 2.75) is 25.7 Å². The van der Waals surface area contributed by atoms with E-state index in [-0.39, 0.29) is 0 Å². The molecule has 1 N–H and O–H groups in total. The van der Waals surface area contributed by atoms with E-state index in [2.05, 4.69) is 16.0 Å². The summed E-state index contributed by atoms with van der Waals surface area (Å²) in [5.74, 6) is 0.682. The van der Waals surface area contributed by atoms with Crippen LogP contribution in [0.4, 0.5) is 0 Å². The van der Waals surface area contributed by atoms with Gasteiger partial charge in [0.25, 0.3) is 0 Å². The second-order valence-corrected chi connectivity index (χ2v) is 4.04. The van der Waals surface area contributed by atoms with Crippen molar-refractivity contribution in [3.05, 3.63) is 23.4 Å². The van der Waals surface area contributed by atoms with Gasteiger partial charge in [0.1, 0.15) is 5.65 Å². The summed E-state index contributed by atoms with van der Waals surface area (Å²) in [4.78, 5) is 7.82. The maximum atomic E-state index is 5.12. The molecule has 3 rings (SSSR count). The second-order valence-electron chi connectivity index (χ2n) is 4.04. The van der Waals surface area contributed by atoms with E-state index in [4.69, 9.17) is 4.74 Å². The zero-order valence-electron chi connectivity index (χ0n) is 8.84. The first-order chi connectivity index (χ1) is 7.38. The van der Waals surface area contributed by atoms with Gasteiger partial charge in [-0.15, -0.1) is 0 Å². The number of methoxy groups -OCH3 is 1. The van der Waals surface area contributed by atoms with Crippen molar-refractivity contribution in [2.75, 3.05) is 7.11 Å². The Bertz CT molecular complexity index is 502. The van der Waals surface area contributed by atoms with Gasteiger partial charge in [0.2, 0.25) is 5.88 Å². The number of fused-ring (bicyclic) bond motifs is 3. The van der Waals surface area contributed by atoms with E-state index < -0.39 is 0 Å². The Labute approximate surface area is 88.5 Å². The van der Waals surface area contributed by atoms with Crippen molar-refractivity contribution in [3.63, 3.8) is 0 Å². The molecule has 2 aromatic heterocycles. The van der Waals surface area contributed by atoms with Crippen molar-refractivity contribution in [1.82, 2.24) is 9.97 Å². The van der Waals surface area contributed by atoms with Crippen molar-refractivity contribution >= 4 is 11.0 Å². The molecule has 0 amide bonds. The molecule has 0 atom stereocenters. The van der Waals surface area contributed by atoms with E-state index in [1.165, 1.54) is 35.9 Å². The lowest BCUT2D eigenvalue weighted by atomic mass is 9.96. The van der Waals surface area contributed by atoms with Crippen molar-refractivity contribution < 1.29 is 4.74 Å². The highest BCUT2D eigenvalue weighted by atomic mass is 16.5. The Morgan fingerprint density at radius 3 is 3.00 bits per heavy atom. The number of aromatic amines is 1. The molecule has 1 aliphatic carbocycles. The van der Waals surface area contributed by atoms with Gasteiger partial charge in [0.15, 0.2) is 0 Å². The molecule has 0 unspecified atom stereocenters. The maximum Gasteiger partial charge on any atom is 0.214 e. The summed E-state index contributed by atoms with van der Waals surface area (Å²) in [5, 5.41) is 1.27. The Morgan fingerprint density at radius 1 is 1.27 bits per heavy atom. The lowest BCUT2D eigenvalue weighted by Crippen LogP contribution is -1.99. The number of hydrogen-bond donors (Lipinski definition) is 1. The zero-order chi connectivity index (χ0) is 10.3. The Hall–Kier alpha value is -1.51. The number of pyridine rings is 1. The zero-order valence-corrected chi connectivity index (χ0v) is 8.84. The molecule has 3 heteroatoms. The molecule has 2 aromatic rings. The largest absolute Gasteiger partial charge is 0.481 e. The van der Waals surface area contributed by atoms with Gasteiger partial charge in [0.05, 0.1) is 7.11 Å². The number of H-pyrrole nitrogens is 1. The van der Waals surface area contributed by atoms with Crippen LogP contribution >= 0.6 is 0 Å². The molecular weight excluding hydrogens is 188 g/mol. The van der Waals surface area contributed by atoms with E-state index in [1.807, 2.05) is 6.07 Å². The van der Waals surface area contributed by atoms with Gasteiger partial charge in [-0.25, -0.2) is 0 Å². The SMILES string of the molecule is COc1ccc2c3c([nH]c2n1)CCCC3. The van der Waals surface area contributed by atoms with Crippen LogP contribution in [0.3, 0.4) is 0 Å². The van der Waals surface area contributed by atoms with E-state index in [0.29, 0.717) is 5.88 Å². The predicted molar refractivity (Wildman–Crippen MR) is 59.3 cm³/mol. The summed E-state index contributed by atoms with van der Waals surface area (Å²) in [6, 6.07) is 4.05. The predicted octanol–water partition coefficient (Wildman–Crippen LogP) is 2.45. The summed E-state index contributed by atoms with van der Waals surface area (Å²) in [5.41, 5.74) is 3.81. The second kappa shape index (κ2) is 3.26. The van der Waals surface area contributed by atoms with E-state index >= 15 is 0 Å². The van der Waals surface area contributed by atoms with Gasteiger partial charge < -0.3 is 9.72 Å². The first-order valence-electron chi connectivity index (χ1n) is 5.43. The molecular formula is C12H14N2O. The Kier molecular flexibility index (Phi) is 1.91. The minimum absolute atomic E-state index is 0.682. The third kappa shape index (κ3) is 1.30. The van der Waals surface area contributed by atoms with Crippen LogP contribution in [0.15, 0.2) is 12.1 Å². The van der Waals surface area contributed by atoms with Crippen molar-refractivity contribution in [2.24, 2.45) is 0 Å². The average molecular weight is 202 g/mol. The van der Waals surface area contributed by atoms with Gasteiger partial charge in [-0.2, -0.15) is 4.98 Å². The summed E-state index contributed by atoms with van der Waals surface area (Å²) < 4.78 is 5.12.